The van der Waals surface area contributed by atoms with E-state index in [0.29, 0.717) is 56.1 Å². The molecule has 1 heterocycles. The van der Waals surface area contributed by atoms with Crippen molar-refractivity contribution in [2.24, 2.45) is 5.73 Å². The Morgan fingerprint density at radius 1 is 1.03 bits per heavy atom. The van der Waals surface area contributed by atoms with Crippen LogP contribution < -0.4 is 19.9 Å². The van der Waals surface area contributed by atoms with Gasteiger partial charge in [-0.1, -0.05) is 12.1 Å². The third-order valence-corrected chi connectivity index (χ3v) is 4.54. The summed E-state index contributed by atoms with van der Waals surface area (Å²) in [6, 6.07) is 12.4. The van der Waals surface area contributed by atoms with Gasteiger partial charge < -0.3 is 24.8 Å². The highest BCUT2D eigenvalue weighted by atomic mass is 19.4. The standard InChI is InChI=1S/C21H23F3N2O4/c22-21(23,24)30-19-6-2-5-18(14-19)29-16-7-10-26(11-8-16)20(27)15-3-1-4-17(13-15)28-12-9-25/h1-6,13-14,16H,7-12,25H2. The first-order valence-electron chi connectivity index (χ1n) is 9.59. The van der Waals surface area contributed by atoms with E-state index in [0.717, 1.165) is 0 Å². The molecule has 0 bridgehead atoms. The number of rotatable bonds is 7. The van der Waals surface area contributed by atoms with Gasteiger partial charge in [-0.3, -0.25) is 4.79 Å². The topological polar surface area (TPSA) is 74.0 Å². The van der Waals surface area contributed by atoms with Crippen molar-refractivity contribution in [3.8, 4) is 17.2 Å². The number of carbonyl (C=O) groups excluding carboxylic acids is 1. The molecule has 0 radical (unpaired) electrons. The van der Waals surface area contributed by atoms with Gasteiger partial charge in [0.05, 0.1) is 0 Å². The summed E-state index contributed by atoms with van der Waals surface area (Å²) < 4.78 is 52.3. The highest BCUT2D eigenvalue weighted by molar-refractivity contribution is 5.94. The summed E-state index contributed by atoms with van der Waals surface area (Å²) in [4.78, 5) is 14.5. The molecular formula is C21H23F3N2O4. The van der Waals surface area contributed by atoms with Crippen LogP contribution in [0, 0.1) is 0 Å². The van der Waals surface area contributed by atoms with Crippen molar-refractivity contribution in [2.75, 3.05) is 26.2 Å². The van der Waals surface area contributed by atoms with Crippen LogP contribution in [0.25, 0.3) is 0 Å². The summed E-state index contributed by atoms with van der Waals surface area (Å²) in [6.07, 6.45) is -3.81. The molecule has 1 aliphatic heterocycles. The minimum absolute atomic E-state index is 0.104. The molecule has 6 nitrogen and oxygen atoms in total. The van der Waals surface area contributed by atoms with Gasteiger partial charge in [0.15, 0.2) is 0 Å². The number of nitrogens with zero attached hydrogens (tertiary/aromatic N) is 1. The van der Waals surface area contributed by atoms with Gasteiger partial charge in [0.2, 0.25) is 0 Å². The number of halogens is 3. The Kier molecular flexibility index (Phi) is 7.04. The van der Waals surface area contributed by atoms with Gasteiger partial charge in [-0.15, -0.1) is 13.2 Å². The summed E-state index contributed by atoms with van der Waals surface area (Å²) >= 11 is 0. The van der Waals surface area contributed by atoms with E-state index in [9.17, 15) is 18.0 Å². The van der Waals surface area contributed by atoms with Crippen molar-refractivity contribution in [1.29, 1.82) is 0 Å². The molecule has 0 aliphatic carbocycles. The zero-order chi connectivity index (χ0) is 21.6. The van der Waals surface area contributed by atoms with Crippen molar-refractivity contribution in [3.63, 3.8) is 0 Å². The van der Waals surface area contributed by atoms with Crippen LogP contribution >= 0.6 is 0 Å². The number of nitrogens with two attached hydrogens (primary N) is 1. The predicted octanol–water partition coefficient (Wildman–Crippen LogP) is 3.61. The number of alkyl halides is 3. The molecule has 1 saturated heterocycles. The van der Waals surface area contributed by atoms with Crippen molar-refractivity contribution in [1.82, 2.24) is 4.90 Å². The number of ether oxygens (including phenoxy) is 3. The van der Waals surface area contributed by atoms with E-state index in [1.165, 1.54) is 18.2 Å². The van der Waals surface area contributed by atoms with Gasteiger partial charge in [-0.05, 0) is 30.3 Å². The lowest BCUT2D eigenvalue weighted by Gasteiger charge is -2.32. The maximum atomic E-state index is 12.8. The second-order valence-corrected chi connectivity index (χ2v) is 6.80. The number of amides is 1. The minimum atomic E-state index is -4.75. The Morgan fingerprint density at radius 2 is 1.70 bits per heavy atom. The maximum absolute atomic E-state index is 12.8. The van der Waals surface area contributed by atoms with Crippen LogP contribution in [-0.2, 0) is 0 Å². The monoisotopic (exact) mass is 424 g/mol. The van der Waals surface area contributed by atoms with E-state index >= 15 is 0 Å². The average molecular weight is 424 g/mol. The first kappa shape index (κ1) is 21.8. The zero-order valence-electron chi connectivity index (χ0n) is 16.2. The molecule has 0 atom stereocenters. The van der Waals surface area contributed by atoms with Gasteiger partial charge in [0, 0.05) is 44.1 Å². The molecule has 30 heavy (non-hydrogen) atoms. The van der Waals surface area contributed by atoms with Crippen LogP contribution in [0.15, 0.2) is 48.5 Å². The van der Waals surface area contributed by atoms with Crippen LogP contribution in [0.5, 0.6) is 17.2 Å². The molecular weight excluding hydrogens is 401 g/mol. The lowest BCUT2D eigenvalue weighted by molar-refractivity contribution is -0.274. The van der Waals surface area contributed by atoms with E-state index in [1.807, 2.05) is 0 Å². The van der Waals surface area contributed by atoms with E-state index in [1.54, 1.807) is 35.2 Å². The van der Waals surface area contributed by atoms with Crippen LogP contribution in [0.2, 0.25) is 0 Å². The third-order valence-electron chi connectivity index (χ3n) is 4.54. The molecule has 0 unspecified atom stereocenters. The highest BCUT2D eigenvalue weighted by Gasteiger charge is 2.31. The number of hydrogen-bond acceptors (Lipinski definition) is 5. The average Bonchev–Trinajstić information content (AvgIpc) is 2.71. The Morgan fingerprint density at radius 3 is 2.40 bits per heavy atom. The molecule has 9 heteroatoms. The van der Waals surface area contributed by atoms with Crippen molar-refractivity contribution >= 4 is 5.91 Å². The van der Waals surface area contributed by atoms with Crippen LogP contribution in [0.4, 0.5) is 13.2 Å². The molecule has 162 valence electrons. The second kappa shape index (κ2) is 9.71. The van der Waals surface area contributed by atoms with Gasteiger partial charge >= 0.3 is 6.36 Å². The van der Waals surface area contributed by atoms with E-state index < -0.39 is 6.36 Å². The van der Waals surface area contributed by atoms with E-state index in [-0.39, 0.29) is 17.8 Å². The SMILES string of the molecule is NCCOc1cccc(C(=O)N2CCC(Oc3cccc(OC(F)(F)F)c3)CC2)c1. The lowest BCUT2D eigenvalue weighted by atomic mass is 10.1. The summed E-state index contributed by atoms with van der Waals surface area (Å²) in [5.74, 6) is 0.452. The summed E-state index contributed by atoms with van der Waals surface area (Å²) in [7, 11) is 0. The highest BCUT2D eigenvalue weighted by Crippen LogP contribution is 2.28. The quantitative estimate of drug-likeness (QED) is 0.735. The lowest BCUT2D eigenvalue weighted by Crippen LogP contribution is -2.41. The summed E-state index contributed by atoms with van der Waals surface area (Å²) in [5.41, 5.74) is 5.95. The van der Waals surface area contributed by atoms with Gasteiger partial charge in [0.25, 0.3) is 5.91 Å². The smallest absolute Gasteiger partial charge is 0.492 e. The fourth-order valence-electron chi connectivity index (χ4n) is 3.19. The number of piperidine rings is 1. The molecule has 1 aliphatic rings. The van der Waals surface area contributed by atoms with Crippen LogP contribution in [-0.4, -0.2) is 49.5 Å². The summed E-state index contributed by atoms with van der Waals surface area (Å²) in [5, 5.41) is 0. The number of likely N-dealkylation sites (tertiary alicyclic amines) is 1. The first-order valence-corrected chi connectivity index (χ1v) is 9.59. The number of benzene rings is 2. The second-order valence-electron chi connectivity index (χ2n) is 6.80. The predicted molar refractivity (Wildman–Crippen MR) is 104 cm³/mol. The Hall–Kier alpha value is -2.94. The molecule has 3 rings (SSSR count). The first-order chi connectivity index (χ1) is 14.3. The summed E-state index contributed by atoms with van der Waals surface area (Å²) in [6.45, 7) is 1.72. The molecule has 2 N–H and O–H groups in total. The van der Waals surface area contributed by atoms with Crippen molar-refractivity contribution in [3.05, 3.63) is 54.1 Å². The Bertz CT molecular complexity index is 852. The molecule has 0 saturated carbocycles. The largest absolute Gasteiger partial charge is 0.573 e. The minimum Gasteiger partial charge on any atom is -0.492 e. The molecule has 1 amide bonds. The number of carbonyl (C=O) groups is 1. The fourth-order valence-corrected chi connectivity index (χ4v) is 3.19. The van der Waals surface area contributed by atoms with Crippen LogP contribution in [0.3, 0.4) is 0 Å². The molecule has 1 fully saturated rings. The maximum Gasteiger partial charge on any atom is 0.573 e. The molecule has 0 spiro atoms. The van der Waals surface area contributed by atoms with Gasteiger partial charge in [-0.25, -0.2) is 0 Å². The number of hydrogen-bond donors (Lipinski definition) is 1. The molecule has 2 aromatic carbocycles. The Labute approximate surface area is 172 Å². The third kappa shape index (κ3) is 6.28. The van der Waals surface area contributed by atoms with Gasteiger partial charge in [-0.2, -0.15) is 0 Å². The van der Waals surface area contributed by atoms with Crippen LogP contribution in [0.1, 0.15) is 23.2 Å². The normalized spacial score (nSPS) is 15.0. The van der Waals surface area contributed by atoms with Gasteiger partial charge in [0.1, 0.15) is 30.0 Å². The van der Waals surface area contributed by atoms with Crippen molar-refractivity contribution in [2.45, 2.75) is 25.3 Å². The molecule has 0 aromatic heterocycles. The Balaban J connectivity index is 1.54. The molecule has 2 aromatic rings. The zero-order valence-corrected chi connectivity index (χ0v) is 16.2. The van der Waals surface area contributed by atoms with Crippen molar-refractivity contribution < 1.29 is 32.2 Å². The van der Waals surface area contributed by atoms with E-state index in [2.05, 4.69) is 4.74 Å². The van der Waals surface area contributed by atoms with E-state index in [4.69, 9.17) is 15.2 Å². The fraction of sp³-hybridized carbons (Fsp3) is 0.381.